The molecule has 2 N–H and O–H groups in total. The van der Waals surface area contributed by atoms with Gasteiger partial charge in [0.25, 0.3) is 0 Å². The van der Waals surface area contributed by atoms with Crippen molar-refractivity contribution in [3.05, 3.63) is 34.6 Å². The van der Waals surface area contributed by atoms with Crippen LogP contribution in [0.1, 0.15) is 30.7 Å². The third-order valence-corrected chi connectivity index (χ3v) is 3.69. The number of nitrogens with one attached hydrogen (secondary N) is 1. The monoisotopic (exact) mass is 299 g/mol. The molecular weight excluding hydrogens is 285 g/mol. The van der Waals surface area contributed by atoms with Gasteiger partial charge in [-0.05, 0) is 25.0 Å². The first-order chi connectivity index (χ1) is 9.50. The van der Waals surface area contributed by atoms with E-state index in [1.165, 1.54) is 12.1 Å². The summed E-state index contributed by atoms with van der Waals surface area (Å²) in [5, 5.41) is 11.5. The zero-order valence-corrected chi connectivity index (χ0v) is 11.5. The summed E-state index contributed by atoms with van der Waals surface area (Å²) in [4.78, 5) is 22.2. The van der Waals surface area contributed by atoms with E-state index in [4.69, 9.17) is 16.7 Å². The average molecular weight is 300 g/mol. The maximum absolute atomic E-state index is 13.7. The molecule has 2 atom stereocenters. The number of halogens is 2. The molecule has 0 heterocycles. The zero-order chi connectivity index (χ0) is 14.7. The van der Waals surface area contributed by atoms with Crippen LogP contribution in [0.15, 0.2) is 18.2 Å². The van der Waals surface area contributed by atoms with Gasteiger partial charge in [0.05, 0.1) is 0 Å². The Morgan fingerprint density at radius 1 is 1.45 bits per heavy atom. The molecule has 1 aromatic rings. The second kappa shape index (κ2) is 6.22. The Morgan fingerprint density at radius 3 is 2.85 bits per heavy atom. The fourth-order valence-corrected chi connectivity index (χ4v) is 2.55. The molecule has 4 nitrogen and oxygen atoms in total. The van der Waals surface area contributed by atoms with Crippen molar-refractivity contribution < 1.29 is 19.1 Å². The van der Waals surface area contributed by atoms with Crippen LogP contribution in [0.3, 0.4) is 0 Å². The van der Waals surface area contributed by atoms with E-state index < -0.39 is 5.97 Å². The van der Waals surface area contributed by atoms with Gasteiger partial charge in [-0.15, -0.1) is 0 Å². The number of aliphatic carboxylic acids is 1. The van der Waals surface area contributed by atoms with Gasteiger partial charge in [0.15, 0.2) is 0 Å². The molecule has 1 aromatic carbocycles. The number of amides is 1. The standard InChI is InChI=1S/C14H15ClFNO3/c15-10-3-1-4-11(16)13(10)8-7-9(8)14(20)17-6-2-5-12(18)19/h1,3-4,8-9H,2,5-7H2,(H,17,20)(H,18,19)/t8-,9+/m0/s1. The molecule has 1 saturated carbocycles. The predicted molar refractivity (Wildman–Crippen MR) is 72.1 cm³/mol. The summed E-state index contributed by atoms with van der Waals surface area (Å²) < 4.78 is 13.7. The van der Waals surface area contributed by atoms with E-state index in [0.717, 1.165) is 0 Å². The highest BCUT2D eigenvalue weighted by Crippen LogP contribution is 2.50. The number of carbonyl (C=O) groups is 2. The molecule has 0 bridgehead atoms. The summed E-state index contributed by atoms with van der Waals surface area (Å²) in [7, 11) is 0. The van der Waals surface area contributed by atoms with Gasteiger partial charge in [-0.25, -0.2) is 4.39 Å². The second-order valence-corrected chi connectivity index (χ2v) is 5.28. The molecule has 0 aliphatic heterocycles. The van der Waals surface area contributed by atoms with Crippen LogP contribution in [0, 0.1) is 11.7 Å². The van der Waals surface area contributed by atoms with Crippen molar-refractivity contribution in [3.63, 3.8) is 0 Å². The molecule has 1 aliphatic carbocycles. The Morgan fingerprint density at radius 2 is 2.20 bits per heavy atom. The van der Waals surface area contributed by atoms with Crippen molar-refractivity contribution in [2.45, 2.75) is 25.2 Å². The quantitative estimate of drug-likeness (QED) is 0.793. The van der Waals surface area contributed by atoms with E-state index in [1.54, 1.807) is 6.07 Å². The zero-order valence-electron chi connectivity index (χ0n) is 10.7. The van der Waals surface area contributed by atoms with E-state index in [0.29, 0.717) is 30.0 Å². The molecule has 1 aliphatic rings. The minimum Gasteiger partial charge on any atom is -0.481 e. The number of carbonyl (C=O) groups excluding carboxylic acids is 1. The van der Waals surface area contributed by atoms with Gasteiger partial charge in [0, 0.05) is 35.4 Å². The minimum atomic E-state index is -0.887. The number of hydrogen-bond acceptors (Lipinski definition) is 2. The maximum Gasteiger partial charge on any atom is 0.303 e. The maximum atomic E-state index is 13.7. The van der Waals surface area contributed by atoms with Crippen molar-refractivity contribution >= 4 is 23.5 Å². The van der Waals surface area contributed by atoms with Gasteiger partial charge in [0.1, 0.15) is 5.82 Å². The Labute approximate surface area is 120 Å². The van der Waals surface area contributed by atoms with Crippen molar-refractivity contribution in [1.82, 2.24) is 5.32 Å². The van der Waals surface area contributed by atoms with Crippen LogP contribution in [0.25, 0.3) is 0 Å². The van der Waals surface area contributed by atoms with Crippen molar-refractivity contribution in [2.24, 2.45) is 5.92 Å². The molecular formula is C14H15ClFNO3. The summed E-state index contributed by atoms with van der Waals surface area (Å²) in [5.74, 6) is -1.89. The van der Waals surface area contributed by atoms with E-state index in [-0.39, 0.29) is 30.0 Å². The van der Waals surface area contributed by atoms with Gasteiger partial charge < -0.3 is 10.4 Å². The molecule has 0 aromatic heterocycles. The SMILES string of the molecule is O=C(O)CCCNC(=O)[C@@H]1C[C@@H]1c1c(F)cccc1Cl. The van der Waals surface area contributed by atoms with E-state index in [1.807, 2.05) is 0 Å². The second-order valence-electron chi connectivity index (χ2n) is 4.87. The molecule has 1 amide bonds. The lowest BCUT2D eigenvalue weighted by molar-refractivity contribution is -0.137. The summed E-state index contributed by atoms with van der Waals surface area (Å²) in [6.45, 7) is 0.319. The molecule has 0 unspecified atom stereocenters. The lowest BCUT2D eigenvalue weighted by Gasteiger charge is -2.06. The molecule has 2 rings (SSSR count). The fraction of sp³-hybridized carbons (Fsp3) is 0.429. The number of carboxylic acid groups (broad SMARTS) is 1. The Kier molecular flexibility index (Phi) is 4.60. The Hall–Kier alpha value is -1.62. The van der Waals surface area contributed by atoms with E-state index >= 15 is 0 Å². The first-order valence-corrected chi connectivity index (χ1v) is 6.82. The summed E-state index contributed by atoms with van der Waals surface area (Å²) >= 11 is 5.96. The largest absolute Gasteiger partial charge is 0.481 e. The third-order valence-electron chi connectivity index (χ3n) is 3.36. The van der Waals surface area contributed by atoms with Gasteiger partial charge in [-0.3, -0.25) is 9.59 Å². The van der Waals surface area contributed by atoms with Crippen molar-refractivity contribution in [1.29, 1.82) is 0 Å². The topological polar surface area (TPSA) is 66.4 Å². The van der Waals surface area contributed by atoms with Gasteiger partial charge in [-0.2, -0.15) is 0 Å². The molecule has 108 valence electrons. The van der Waals surface area contributed by atoms with E-state index in [9.17, 15) is 14.0 Å². The number of carboxylic acids is 1. The Bertz CT molecular complexity index is 515. The van der Waals surface area contributed by atoms with Crippen LogP contribution in [0.2, 0.25) is 5.02 Å². The average Bonchev–Trinajstić information content (AvgIpc) is 3.14. The number of rotatable bonds is 6. The fourth-order valence-electron chi connectivity index (χ4n) is 2.25. The highest BCUT2D eigenvalue weighted by atomic mass is 35.5. The summed E-state index contributed by atoms with van der Waals surface area (Å²) in [5.41, 5.74) is 0.403. The van der Waals surface area contributed by atoms with Gasteiger partial charge >= 0.3 is 5.97 Å². The molecule has 20 heavy (non-hydrogen) atoms. The number of benzene rings is 1. The normalized spacial score (nSPS) is 20.5. The van der Waals surface area contributed by atoms with Crippen LogP contribution in [-0.4, -0.2) is 23.5 Å². The number of hydrogen-bond donors (Lipinski definition) is 2. The third kappa shape index (κ3) is 3.48. The molecule has 6 heteroatoms. The first kappa shape index (κ1) is 14.8. The predicted octanol–water partition coefficient (Wildman–Crippen LogP) is 2.56. The highest BCUT2D eigenvalue weighted by molar-refractivity contribution is 6.31. The smallest absolute Gasteiger partial charge is 0.303 e. The summed E-state index contributed by atoms with van der Waals surface area (Å²) in [6.07, 6.45) is 0.984. The van der Waals surface area contributed by atoms with Gasteiger partial charge in [-0.1, -0.05) is 17.7 Å². The molecule has 1 fully saturated rings. The van der Waals surface area contributed by atoms with Crippen molar-refractivity contribution in [3.8, 4) is 0 Å². The van der Waals surface area contributed by atoms with Crippen LogP contribution in [0.4, 0.5) is 4.39 Å². The Balaban J connectivity index is 1.85. The van der Waals surface area contributed by atoms with Crippen LogP contribution in [-0.2, 0) is 9.59 Å². The lowest BCUT2D eigenvalue weighted by atomic mass is 10.1. The molecule has 0 saturated heterocycles. The lowest BCUT2D eigenvalue weighted by Crippen LogP contribution is -2.26. The molecule has 0 radical (unpaired) electrons. The first-order valence-electron chi connectivity index (χ1n) is 6.44. The van der Waals surface area contributed by atoms with Crippen LogP contribution in [0.5, 0.6) is 0 Å². The van der Waals surface area contributed by atoms with Gasteiger partial charge in [0.2, 0.25) is 5.91 Å². The van der Waals surface area contributed by atoms with Crippen molar-refractivity contribution in [2.75, 3.05) is 6.54 Å². The van der Waals surface area contributed by atoms with E-state index in [2.05, 4.69) is 5.32 Å². The minimum absolute atomic E-state index is 0.0213. The molecule has 0 spiro atoms. The summed E-state index contributed by atoms with van der Waals surface area (Å²) in [6, 6.07) is 4.48. The highest BCUT2D eigenvalue weighted by Gasteiger charge is 2.46. The van der Waals surface area contributed by atoms with Crippen LogP contribution >= 0.6 is 11.6 Å². The van der Waals surface area contributed by atoms with Crippen LogP contribution < -0.4 is 5.32 Å².